The van der Waals surface area contributed by atoms with Crippen molar-refractivity contribution in [1.29, 1.82) is 0 Å². The molecule has 4 atom stereocenters. The molecule has 0 unspecified atom stereocenters. The van der Waals surface area contributed by atoms with E-state index in [9.17, 15) is 4.79 Å². The topological polar surface area (TPSA) is 66.0 Å². The molecule has 0 aromatic carbocycles. The van der Waals surface area contributed by atoms with Gasteiger partial charge in [-0.3, -0.25) is 0 Å². The number of fused-ring (bicyclic) bond motifs is 1. The molecule has 2 aliphatic rings. The van der Waals surface area contributed by atoms with E-state index in [1.807, 2.05) is 0 Å². The summed E-state index contributed by atoms with van der Waals surface area (Å²) < 4.78 is 24.5. The van der Waals surface area contributed by atoms with Crippen molar-refractivity contribution < 1.29 is 23.1 Å². The fraction of sp³-hybridized carbons (Fsp3) is 0.947. The van der Waals surface area contributed by atoms with Gasteiger partial charge in [0.25, 0.3) is 0 Å². The highest BCUT2D eigenvalue weighted by molar-refractivity contribution is 6.74. The molecule has 27 heavy (non-hydrogen) atoms. The first-order chi connectivity index (χ1) is 12.1. The van der Waals surface area contributed by atoms with Crippen molar-refractivity contribution in [2.75, 3.05) is 13.2 Å². The van der Waals surface area contributed by atoms with Gasteiger partial charge in [0.05, 0.1) is 25.4 Å². The third kappa shape index (κ3) is 4.96. The van der Waals surface area contributed by atoms with Crippen molar-refractivity contribution in [3.05, 3.63) is 0 Å². The lowest BCUT2D eigenvalue weighted by Gasteiger charge is -2.45. The van der Waals surface area contributed by atoms with E-state index in [-0.39, 0.29) is 34.4 Å². The number of carbonyl (C=O) groups is 1. The van der Waals surface area contributed by atoms with Crippen LogP contribution in [-0.2, 0) is 18.3 Å². The van der Waals surface area contributed by atoms with E-state index >= 15 is 0 Å². The largest absolute Gasteiger partial charge is 0.441 e. The zero-order valence-electron chi connectivity index (χ0n) is 18.8. The Bertz CT molecular complexity index is 553. The Hall–Kier alpha value is -0.416. The Morgan fingerprint density at radius 3 is 2.11 bits per heavy atom. The maximum atomic E-state index is 12.0. The van der Waals surface area contributed by atoms with Gasteiger partial charge in [0.2, 0.25) is 0 Å². The molecule has 0 aromatic heterocycles. The van der Waals surface area contributed by atoms with E-state index in [1.165, 1.54) is 0 Å². The van der Waals surface area contributed by atoms with Gasteiger partial charge in [-0.2, -0.15) is 0 Å². The standard InChI is InChI=1S/C19H39NO5Si2/c1-18(2,3)26(7,8)23-12-14-16-15(20-17(21)24-16)13(11-22-14)25-27(9,10)19(4,5)6/h13-16H,11-12H2,1-10H3,(H,20,21)/t13-,14-,15-,16+/m1/s1. The summed E-state index contributed by atoms with van der Waals surface area (Å²) in [5.41, 5.74) is 0. The van der Waals surface area contributed by atoms with Crippen molar-refractivity contribution in [2.45, 2.75) is 102 Å². The molecule has 1 amide bonds. The fourth-order valence-corrected chi connectivity index (χ4v) is 5.13. The summed E-state index contributed by atoms with van der Waals surface area (Å²) in [5.74, 6) is 0. The molecule has 0 spiro atoms. The van der Waals surface area contributed by atoms with Gasteiger partial charge in [0.1, 0.15) is 6.10 Å². The molecule has 1 N–H and O–H groups in total. The average molecular weight is 418 g/mol. The van der Waals surface area contributed by atoms with Crippen LogP contribution in [0.3, 0.4) is 0 Å². The summed E-state index contributed by atoms with van der Waals surface area (Å²) in [6, 6.07) is -0.187. The summed E-state index contributed by atoms with van der Waals surface area (Å²) in [7, 11) is -3.88. The van der Waals surface area contributed by atoms with Crippen LogP contribution in [0.5, 0.6) is 0 Å². The third-order valence-corrected chi connectivity index (χ3v) is 15.8. The fourth-order valence-electron chi connectivity index (χ4n) is 2.79. The quantitative estimate of drug-likeness (QED) is 0.677. The summed E-state index contributed by atoms with van der Waals surface area (Å²) in [6.45, 7) is 23.0. The number of carbonyl (C=O) groups excluding carboxylic acids is 1. The van der Waals surface area contributed by atoms with Crippen molar-refractivity contribution in [3.63, 3.8) is 0 Å². The molecule has 2 rings (SSSR count). The number of nitrogens with one attached hydrogen (secondary N) is 1. The van der Waals surface area contributed by atoms with Crippen LogP contribution in [-0.4, -0.2) is 60.3 Å². The molecular formula is C19H39NO5Si2. The van der Waals surface area contributed by atoms with Crippen LogP contribution in [0.15, 0.2) is 0 Å². The van der Waals surface area contributed by atoms with Crippen LogP contribution in [0.25, 0.3) is 0 Å². The van der Waals surface area contributed by atoms with Crippen molar-refractivity contribution in [2.24, 2.45) is 0 Å². The van der Waals surface area contributed by atoms with Crippen LogP contribution in [0.4, 0.5) is 4.79 Å². The Balaban J connectivity index is 2.08. The highest BCUT2D eigenvalue weighted by atomic mass is 28.4. The maximum absolute atomic E-state index is 12.0. The normalized spacial score (nSPS) is 29.9. The lowest BCUT2D eigenvalue weighted by Crippen LogP contribution is -2.60. The average Bonchev–Trinajstić information content (AvgIpc) is 2.85. The van der Waals surface area contributed by atoms with Gasteiger partial charge in [-0.25, -0.2) is 4.79 Å². The molecule has 0 aliphatic carbocycles. The van der Waals surface area contributed by atoms with E-state index in [0.29, 0.717) is 13.2 Å². The van der Waals surface area contributed by atoms with E-state index in [1.54, 1.807) is 0 Å². The summed E-state index contributed by atoms with van der Waals surface area (Å²) in [6.07, 6.45) is -1.21. The predicted molar refractivity (Wildman–Crippen MR) is 112 cm³/mol. The molecule has 2 aliphatic heterocycles. The molecule has 0 radical (unpaired) electrons. The van der Waals surface area contributed by atoms with Crippen LogP contribution < -0.4 is 5.32 Å². The zero-order chi connectivity index (χ0) is 20.8. The van der Waals surface area contributed by atoms with Gasteiger partial charge in [-0.15, -0.1) is 0 Å². The number of ether oxygens (including phenoxy) is 2. The molecule has 2 fully saturated rings. The molecule has 2 heterocycles. The van der Waals surface area contributed by atoms with Gasteiger partial charge < -0.3 is 23.6 Å². The minimum atomic E-state index is -1.98. The minimum absolute atomic E-state index is 0.0915. The molecule has 2 saturated heterocycles. The second-order valence-corrected chi connectivity index (χ2v) is 20.5. The Morgan fingerprint density at radius 2 is 1.59 bits per heavy atom. The Morgan fingerprint density at radius 1 is 1.04 bits per heavy atom. The van der Waals surface area contributed by atoms with Gasteiger partial charge in [-0.1, -0.05) is 41.5 Å². The third-order valence-electron chi connectivity index (χ3n) is 6.79. The SMILES string of the molecule is CC(C)(C)[Si](C)(C)OC[C@H]1OC[C@@H](O[Si](C)(C)C(C)(C)C)[C@H]2NC(=O)O[C@H]21. The lowest BCUT2D eigenvalue weighted by atomic mass is 9.99. The highest BCUT2D eigenvalue weighted by Crippen LogP contribution is 2.40. The van der Waals surface area contributed by atoms with E-state index < -0.39 is 22.7 Å². The first-order valence-corrected chi connectivity index (χ1v) is 15.8. The number of hydrogen-bond donors (Lipinski definition) is 1. The second kappa shape index (κ2) is 7.44. The summed E-state index contributed by atoms with van der Waals surface area (Å²) >= 11 is 0. The lowest BCUT2D eigenvalue weighted by molar-refractivity contribution is -0.128. The predicted octanol–water partition coefficient (Wildman–Crippen LogP) is 4.27. The number of amides is 1. The van der Waals surface area contributed by atoms with Crippen molar-refractivity contribution in [1.82, 2.24) is 5.32 Å². The van der Waals surface area contributed by atoms with Gasteiger partial charge in [0.15, 0.2) is 22.7 Å². The number of hydrogen-bond acceptors (Lipinski definition) is 5. The first kappa shape index (κ1) is 22.9. The Labute approximate surface area is 166 Å². The van der Waals surface area contributed by atoms with Crippen LogP contribution in [0.1, 0.15) is 41.5 Å². The summed E-state index contributed by atoms with van der Waals surface area (Å²) in [5, 5.41) is 3.17. The van der Waals surface area contributed by atoms with E-state index in [4.69, 9.17) is 18.3 Å². The van der Waals surface area contributed by atoms with Crippen molar-refractivity contribution >= 4 is 22.7 Å². The van der Waals surface area contributed by atoms with Gasteiger partial charge in [-0.05, 0) is 36.3 Å². The monoisotopic (exact) mass is 417 g/mol. The van der Waals surface area contributed by atoms with E-state index in [0.717, 1.165) is 0 Å². The molecule has 0 aromatic rings. The van der Waals surface area contributed by atoms with Crippen molar-refractivity contribution in [3.8, 4) is 0 Å². The van der Waals surface area contributed by atoms with Gasteiger partial charge in [0, 0.05) is 0 Å². The van der Waals surface area contributed by atoms with E-state index in [2.05, 4.69) is 73.0 Å². The van der Waals surface area contributed by atoms with Crippen LogP contribution in [0, 0.1) is 0 Å². The first-order valence-electron chi connectivity index (χ1n) is 9.96. The molecule has 0 saturated carbocycles. The molecule has 8 heteroatoms. The molecule has 158 valence electrons. The Kier molecular flexibility index (Phi) is 6.30. The summed E-state index contributed by atoms with van der Waals surface area (Å²) in [4.78, 5) is 12.0. The highest BCUT2D eigenvalue weighted by Gasteiger charge is 2.52. The number of alkyl carbamates (subject to hydrolysis) is 1. The van der Waals surface area contributed by atoms with Crippen LogP contribution in [0.2, 0.25) is 36.3 Å². The zero-order valence-corrected chi connectivity index (χ0v) is 20.8. The maximum Gasteiger partial charge on any atom is 0.408 e. The number of rotatable bonds is 5. The van der Waals surface area contributed by atoms with Gasteiger partial charge >= 0.3 is 6.09 Å². The minimum Gasteiger partial charge on any atom is -0.441 e. The second-order valence-electron chi connectivity index (χ2n) is 10.9. The molecule has 0 bridgehead atoms. The molecular weight excluding hydrogens is 378 g/mol. The smallest absolute Gasteiger partial charge is 0.408 e. The molecule has 6 nitrogen and oxygen atoms in total. The van der Waals surface area contributed by atoms with Crippen LogP contribution >= 0.6 is 0 Å².